The van der Waals surface area contributed by atoms with E-state index in [1.807, 2.05) is 0 Å². The number of hydrogen-bond donors (Lipinski definition) is 2. The SMILES string of the molecule is CCCCCCCCCCCCCCCCCC(=O)N[C@H](CC[SH](C)C)C(=O)OC(Cl)CCCCCCCCCCC. The highest BCUT2D eigenvalue weighted by atomic mass is 35.5. The monoisotopic (exact) mass is 633 g/mol. The first-order valence-electron chi connectivity index (χ1n) is 18.2. The maximum absolute atomic E-state index is 12.9. The lowest BCUT2D eigenvalue weighted by Crippen LogP contribution is -2.43. The first-order valence-corrected chi connectivity index (χ1v) is 21.0. The van der Waals surface area contributed by atoms with E-state index in [1.165, 1.54) is 128 Å². The van der Waals surface area contributed by atoms with E-state index in [0.717, 1.165) is 31.4 Å². The first-order chi connectivity index (χ1) is 20.4. The number of halogens is 1. The van der Waals surface area contributed by atoms with Gasteiger partial charge in [0.1, 0.15) is 6.04 Å². The second kappa shape index (κ2) is 32.0. The Morgan fingerprint density at radius 2 is 0.976 bits per heavy atom. The van der Waals surface area contributed by atoms with Crippen LogP contribution in [0.15, 0.2) is 0 Å². The van der Waals surface area contributed by atoms with Crippen LogP contribution in [0.4, 0.5) is 0 Å². The van der Waals surface area contributed by atoms with Gasteiger partial charge in [0.25, 0.3) is 0 Å². The Hall–Kier alpha value is -0.420. The third-order valence-corrected chi connectivity index (χ3v) is 9.73. The van der Waals surface area contributed by atoms with Gasteiger partial charge in [0, 0.05) is 6.42 Å². The Balaban J connectivity index is 3.98. The molecular formula is C36H72ClNO3S. The van der Waals surface area contributed by atoms with Crippen molar-refractivity contribution in [1.82, 2.24) is 5.32 Å². The summed E-state index contributed by atoms with van der Waals surface area (Å²) < 4.78 is 5.57. The summed E-state index contributed by atoms with van der Waals surface area (Å²) in [5.74, 6) is 0.528. The lowest BCUT2D eigenvalue weighted by Gasteiger charge is -2.21. The molecule has 0 aliphatic heterocycles. The van der Waals surface area contributed by atoms with Gasteiger partial charge in [0.2, 0.25) is 5.91 Å². The zero-order valence-corrected chi connectivity index (χ0v) is 30.2. The quantitative estimate of drug-likeness (QED) is 0.0335. The Morgan fingerprint density at radius 1 is 0.595 bits per heavy atom. The van der Waals surface area contributed by atoms with Crippen molar-refractivity contribution in [3.8, 4) is 0 Å². The van der Waals surface area contributed by atoms with Crippen LogP contribution < -0.4 is 5.32 Å². The number of carbonyl (C=O) groups is 2. The Morgan fingerprint density at radius 3 is 1.38 bits per heavy atom. The minimum absolute atomic E-state index is 0.0340. The summed E-state index contributed by atoms with van der Waals surface area (Å²) in [6.45, 7) is 4.53. The molecule has 0 fully saturated rings. The predicted octanol–water partition coefficient (Wildman–Crippen LogP) is 11.4. The summed E-state index contributed by atoms with van der Waals surface area (Å²) in [6, 6.07) is -0.580. The van der Waals surface area contributed by atoms with E-state index in [-0.39, 0.29) is 22.8 Å². The molecule has 42 heavy (non-hydrogen) atoms. The van der Waals surface area contributed by atoms with Crippen LogP contribution in [0.1, 0.15) is 187 Å². The summed E-state index contributed by atoms with van der Waals surface area (Å²) in [7, 11) is -0.145. The van der Waals surface area contributed by atoms with Crippen LogP contribution in [-0.4, -0.2) is 41.7 Å². The smallest absolute Gasteiger partial charge is 0.330 e. The van der Waals surface area contributed by atoms with Gasteiger partial charge in [-0.2, -0.15) is 0 Å². The Bertz CT molecular complexity index is 604. The van der Waals surface area contributed by atoms with Crippen molar-refractivity contribution in [3.05, 3.63) is 0 Å². The normalized spacial score (nSPS) is 13.1. The number of rotatable bonds is 32. The van der Waals surface area contributed by atoms with Crippen LogP contribution in [-0.2, 0) is 14.3 Å². The predicted molar refractivity (Wildman–Crippen MR) is 189 cm³/mol. The number of thiol groups is 1. The molecule has 0 heterocycles. The lowest BCUT2D eigenvalue weighted by atomic mass is 10.0. The molecule has 0 aromatic heterocycles. The zero-order chi connectivity index (χ0) is 31.1. The van der Waals surface area contributed by atoms with Crippen molar-refractivity contribution in [1.29, 1.82) is 0 Å². The number of esters is 1. The molecule has 2 atom stereocenters. The van der Waals surface area contributed by atoms with Gasteiger partial charge >= 0.3 is 5.97 Å². The minimum Gasteiger partial charge on any atom is -0.444 e. The summed E-state index contributed by atoms with van der Waals surface area (Å²) in [5, 5.41) is 2.97. The van der Waals surface area contributed by atoms with Crippen LogP contribution in [0.25, 0.3) is 0 Å². The summed E-state index contributed by atoms with van der Waals surface area (Å²) >= 11 is 6.37. The largest absolute Gasteiger partial charge is 0.444 e. The molecule has 0 spiro atoms. The number of amides is 1. The van der Waals surface area contributed by atoms with Crippen molar-refractivity contribution in [2.45, 2.75) is 199 Å². The van der Waals surface area contributed by atoms with Gasteiger partial charge < -0.3 is 10.1 Å². The third-order valence-electron chi connectivity index (χ3n) is 8.27. The first kappa shape index (κ1) is 41.6. The molecule has 1 amide bonds. The zero-order valence-electron chi connectivity index (χ0n) is 28.5. The van der Waals surface area contributed by atoms with E-state index < -0.39 is 11.6 Å². The average Bonchev–Trinajstić information content (AvgIpc) is 2.96. The third kappa shape index (κ3) is 29.6. The highest BCUT2D eigenvalue weighted by Gasteiger charge is 2.24. The maximum Gasteiger partial charge on any atom is 0.330 e. The van der Waals surface area contributed by atoms with Gasteiger partial charge in [0.15, 0.2) is 5.56 Å². The van der Waals surface area contributed by atoms with E-state index in [1.54, 1.807) is 0 Å². The standard InChI is InChI=1S/C36H72ClNO3S/c1-5-7-9-11-13-15-16-17-18-19-20-22-24-26-28-30-35(39)38-33(31-32-42(3)4)36(40)41-34(37)29-27-25-23-21-14-12-10-8-6-2/h33-34,42H,5-32H2,1-4H3,(H,38,39)/t33-,34?/m1/s1. The fourth-order valence-electron chi connectivity index (χ4n) is 5.44. The van der Waals surface area contributed by atoms with Crippen molar-refractivity contribution in [2.24, 2.45) is 0 Å². The van der Waals surface area contributed by atoms with Gasteiger partial charge in [-0.1, -0.05) is 167 Å². The molecule has 0 saturated carbocycles. The highest BCUT2D eigenvalue weighted by Crippen LogP contribution is 2.19. The number of ether oxygens (including phenoxy) is 1. The molecule has 0 aliphatic carbocycles. The topological polar surface area (TPSA) is 55.4 Å². The fraction of sp³-hybridized carbons (Fsp3) is 0.944. The molecule has 0 aliphatic rings. The van der Waals surface area contributed by atoms with Crippen LogP contribution >= 0.6 is 22.5 Å². The molecule has 6 heteroatoms. The number of unbranched alkanes of at least 4 members (excludes halogenated alkanes) is 22. The van der Waals surface area contributed by atoms with Crippen LogP contribution in [0, 0.1) is 0 Å². The van der Waals surface area contributed by atoms with Gasteiger partial charge in [-0.05, 0) is 43.9 Å². The van der Waals surface area contributed by atoms with E-state index >= 15 is 0 Å². The molecule has 0 bridgehead atoms. The molecule has 0 aromatic carbocycles. The van der Waals surface area contributed by atoms with Crippen molar-refractivity contribution < 1.29 is 14.3 Å². The molecule has 0 radical (unpaired) electrons. The molecule has 0 rings (SSSR count). The van der Waals surface area contributed by atoms with Crippen molar-refractivity contribution >= 4 is 34.4 Å². The number of carbonyl (C=O) groups excluding carboxylic acids is 2. The highest BCUT2D eigenvalue weighted by molar-refractivity contribution is 8.15. The molecular weight excluding hydrogens is 562 g/mol. The summed E-state index contributed by atoms with van der Waals surface area (Å²) in [5.41, 5.74) is -0.609. The minimum atomic E-state index is -0.609. The number of alkyl halides is 1. The van der Waals surface area contributed by atoms with E-state index in [2.05, 4.69) is 31.7 Å². The number of hydrogen-bond acceptors (Lipinski definition) is 3. The second-order valence-corrected chi connectivity index (χ2v) is 16.0. The van der Waals surface area contributed by atoms with Gasteiger partial charge in [-0.3, -0.25) is 15.7 Å². The van der Waals surface area contributed by atoms with Crippen LogP contribution in [0.5, 0.6) is 0 Å². The molecule has 252 valence electrons. The summed E-state index contributed by atoms with van der Waals surface area (Å²) in [4.78, 5) is 25.5. The van der Waals surface area contributed by atoms with E-state index in [9.17, 15) is 9.59 Å². The number of nitrogens with one attached hydrogen (secondary N) is 1. The summed E-state index contributed by atoms with van der Waals surface area (Å²) in [6.07, 6.45) is 37.1. The van der Waals surface area contributed by atoms with Gasteiger partial charge in [-0.15, -0.1) is 0 Å². The maximum atomic E-state index is 12.9. The van der Waals surface area contributed by atoms with Crippen molar-refractivity contribution in [3.63, 3.8) is 0 Å². The average molecular weight is 634 g/mol. The molecule has 4 nitrogen and oxygen atoms in total. The molecule has 0 saturated heterocycles. The molecule has 0 aromatic rings. The van der Waals surface area contributed by atoms with E-state index in [4.69, 9.17) is 16.3 Å². The van der Waals surface area contributed by atoms with Crippen molar-refractivity contribution in [2.75, 3.05) is 18.3 Å². The lowest BCUT2D eigenvalue weighted by molar-refractivity contribution is -0.150. The van der Waals surface area contributed by atoms with Crippen LogP contribution in [0.2, 0.25) is 0 Å². The van der Waals surface area contributed by atoms with Gasteiger partial charge in [-0.25, -0.2) is 4.79 Å². The Kier molecular flexibility index (Phi) is 31.7. The Labute approximate surface area is 270 Å². The van der Waals surface area contributed by atoms with Gasteiger partial charge in [0.05, 0.1) is 0 Å². The second-order valence-electron chi connectivity index (χ2n) is 12.9. The van der Waals surface area contributed by atoms with Crippen LogP contribution in [0.3, 0.4) is 0 Å². The molecule has 1 N–H and O–H groups in total. The van der Waals surface area contributed by atoms with E-state index in [0.29, 0.717) is 19.3 Å². The molecule has 1 unspecified atom stereocenters. The fourth-order valence-corrected chi connectivity index (χ4v) is 6.46.